The number of benzene rings is 1. The summed E-state index contributed by atoms with van der Waals surface area (Å²) in [4.78, 5) is 12.3. The van der Waals surface area contributed by atoms with Crippen molar-refractivity contribution in [3.05, 3.63) is 30.0 Å². The molecular weight excluding hydrogens is 280 g/mol. The van der Waals surface area contributed by atoms with Gasteiger partial charge in [0.25, 0.3) is 0 Å². The van der Waals surface area contributed by atoms with Crippen molar-refractivity contribution >= 4 is 16.9 Å². The van der Waals surface area contributed by atoms with Crippen LogP contribution in [0, 0.1) is 0 Å². The second-order valence-corrected chi connectivity index (χ2v) is 5.54. The molecule has 0 atom stereocenters. The minimum Gasteiger partial charge on any atom is -0.497 e. The van der Waals surface area contributed by atoms with E-state index in [1.54, 1.807) is 13.4 Å². The predicted octanol–water partition coefficient (Wildman–Crippen LogP) is 2.62. The molecule has 0 unspecified atom stereocenters. The monoisotopic (exact) mass is 304 g/mol. The first-order chi connectivity index (χ1) is 10.6. The Kier molecular flexibility index (Phi) is 5.08. The van der Waals surface area contributed by atoms with Crippen molar-refractivity contribution in [1.29, 1.82) is 0 Å². The van der Waals surface area contributed by atoms with Crippen LogP contribution < -0.4 is 15.8 Å². The van der Waals surface area contributed by atoms with Crippen LogP contribution in [0.25, 0.3) is 11.0 Å². The molecule has 0 aliphatic heterocycles. The second kappa shape index (κ2) is 6.83. The number of nitrogens with one attached hydrogen (secondary N) is 1. The Hall–Kier alpha value is -2.01. The quantitative estimate of drug-likeness (QED) is 0.824. The molecule has 1 aromatic carbocycles. The van der Waals surface area contributed by atoms with Crippen molar-refractivity contribution in [3.63, 3.8) is 0 Å². The molecule has 0 saturated heterocycles. The third-order valence-corrected chi connectivity index (χ3v) is 4.36. The van der Waals surface area contributed by atoms with Crippen molar-refractivity contribution in [2.75, 3.05) is 13.7 Å². The van der Waals surface area contributed by atoms with Crippen LogP contribution >= 0.6 is 0 Å². The summed E-state index contributed by atoms with van der Waals surface area (Å²) in [6.07, 6.45) is 3.54. The summed E-state index contributed by atoms with van der Waals surface area (Å²) < 4.78 is 10.7. The van der Waals surface area contributed by atoms with Crippen molar-refractivity contribution in [3.8, 4) is 5.75 Å². The first-order valence-corrected chi connectivity index (χ1v) is 7.62. The lowest BCUT2D eigenvalue weighted by Gasteiger charge is -2.31. The zero-order valence-electron chi connectivity index (χ0n) is 13.4. The topological polar surface area (TPSA) is 77.5 Å². The number of rotatable bonds is 7. The van der Waals surface area contributed by atoms with E-state index in [9.17, 15) is 4.79 Å². The Labute approximate surface area is 130 Å². The average molecular weight is 304 g/mol. The first kappa shape index (κ1) is 16.4. The molecule has 0 spiro atoms. The molecule has 5 heteroatoms. The minimum atomic E-state index is -0.320. The SMILES string of the molecule is CCC(CC)(CN)NC(=O)Cc1coc2cc(OC)ccc12. The van der Waals surface area contributed by atoms with Crippen LogP contribution in [0.4, 0.5) is 0 Å². The van der Waals surface area contributed by atoms with Crippen LogP contribution in [0.3, 0.4) is 0 Å². The van der Waals surface area contributed by atoms with Gasteiger partial charge in [-0.05, 0) is 25.0 Å². The van der Waals surface area contributed by atoms with E-state index in [1.807, 2.05) is 32.0 Å². The van der Waals surface area contributed by atoms with Gasteiger partial charge in [-0.1, -0.05) is 13.8 Å². The highest BCUT2D eigenvalue weighted by atomic mass is 16.5. The van der Waals surface area contributed by atoms with Crippen molar-refractivity contribution in [1.82, 2.24) is 5.32 Å². The second-order valence-electron chi connectivity index (χ2n) is 5.54. The van der Waals surface area contributed by atoms with Gasteiger partial charge in [0.1, 0.15) is 11.3 Å². The van der Waals surface area contributed by atoms with Crippen LogP contribution in [0.15, 0.2) is 28.9 Å². The molecular formula is C17H24N2O3. The largest absolute Gasteiger partial charge is 0.497 e. The lowest BCUT2D eigenvalue weighted by Crippen LogP contribution is -2.53. The number of furan rings is 1. The molecule has 1 aromatic heterocycles. The van der Waals surface area contributed by atoms with Gasteiger partial charge < -0.3 is 20.2 Å². The molecule has 3 N–H and O–H groups in total. The van der Waals surface area contributed by atoms with Gasteiger partial charge in [-0.25, -0.2) is 0 Å². The zero-order chi connectivity index (χ0) is 16.2. The number of carbonyl (C=O) groups excluding carboxylic acids is 1. The van der Waals surface area contributed by atoms with Gasteiger partial charge >= 0.3 is 0 Å². The van der Waals surface area contributed by atoms with E-state index >= 15 is 0 Å². The predicted molar refractivity (Wildman–Crippen MR) is 87.0 cm³/mol. The maximum atomic E-state index is 12.3. The average Bonchev–Trinajstić information content (AvgIpc) is 2.94. The number of fused-ring (bicyclic) bond motifs is 1. The molecule has 120 valence electrons. The van der Waals surface area contributed by atoms with Gasteiger partial charge in [-0.3, -0.25) is 4.79 Å². The Morgan fingerprint density at radius 3 is 2.68 bits per heavy atom. The van der Waals surface area contributed by atoms with Crippen molar-refractivity contribution < 1.29 is 13.9 Å². The summed E-state index contributed by atoms with van der Waals surface area (Å²) in [6.45, 7) is 4.52. The highest BCUT2D eigenvalue weighted by Crippen LogP contribution is 2.26. The molecule has 5 nitrogen and oxygen atoms in total. The molecule has 1 heterocycles. The smallest absolute Gasteiger partial charge is 0.225 e. The van der Waals surface area contributed by atoms with E-state index in [0.717, 1.165) is 35.1 Å². The number of amides is 1. The van der Waals surface area contributed by atoms with Gasteiger partial charge in [0.2, 0.25) is 5.91 Å². The molecule has 22 heavy (non-hydrogen) atoms. The van der Waals surface area contributed by atoms with Gasteiger partial charge in [0, 0.05) is 23.6 Å². The third kappa shape index (κ3) is 3.25. The lowest BCUT2D eigenvalue weighted by atomic mass is 9.92. The van der Waals surface area contributed by atoms with Crippen LogP contribution in [-0.4, -0.2) is 25.1 Å². The van der Waals surface area contributed by atoms with E-state index in [-0.39, 0.29) is 17.9 Å². The van der Waals surface area contributed by atoms with Crippen LogP contribution in [0.1, 0.15) is 32.3 Å². The van der Waals surface area contributed by atoms with Gasteiger partial charge in [0.05, 0.1) is 25.3 Å². The third-order valence-electron chi connectivity index (χ3n) is 4.36. The summed E-state index contributed by atoms with van der Waals surface area (Å²) >= 11 is 0. The first-order valence-electron chi connectivity index (χ1n) is 7.62. The van der Waals surface area contributed by atoms with Crippen molar-refractivity contribution in [2.45, 2.75) is 38.6 Å². The molecule has 0 saturated carbocycles. The fourth-order valence-electron chi connectivity index (χ4n) is 2.61. The lowest BCUT2D eigenvalue weighted by molar-refractivity contribution is -0.122. The minimum absolute atomic E-state index is 0.0346. The molecule has 2 aromatic rings. The summed E-state index contributed by atoms with van der Waals surface area (Å²) in [5, 5.41) is 4.01. The van der Waals surface area contributed by atoms with Gasteiger partial charge in [-0.2, -0.15) is 0 Å². The fraction of sp³-hybridized carbons (Fsp3) is 0.471. The molecule has 0 aliphatic carbocycles. The Bertz CT molecular complexity index is 636. The summed E-state index contributed by atoms with van der Waals surface area (Å²) in [5.41, 5.74) is 7.10. The summed E-state index contributed by atoms with van der Waals surface area (Å²) in [7, 11) is 1.61. The van der Waals surface area contributed by atoms with E-state index in [0.29, 0.717) is 6.54 Å². The maximum absolute atomic E-state index is 12.3. The van der Waals surface area contributed by atoms with Gasteiger partial charge in [0.15, 0.2) is 0 Å². The van der Waals surface area contributed by atoms with Crippen LogP contribution in [0.2, 0.25) is 0 Å². The summed E-state index contributed by atoms with van der Waals surface area (Å²) in [6, 6.07) is 5.59. The van der Waals surface area contributed by atoms with E-state index in [4.69, 9.17) is 14.9 Å². The number of ether oxygens (including phenoxy) is 1. The molecule has 2 rings (SSSR count). The fourth-order valence-corrected chi connectivity index (χ4v) is 2.61. The van der Waals surface area contributed by atoms with Gasteiger partial charge in [-0.15, -0.1) is 0 Å². The Morgan fingerprint density at radius 1 is 1.36 bits per heavy atom. The van der Waals surface area contributed by atoms with E-state index < -0.39 is 0 Å². The number of carbonyl (C=O) groups is 1. The molecule has 0 fully saturated rings. The summed E-state index contributed by atoms with van der Waals surface area (Å²) in [5.74, 6) is 0.699. The molecule has 0 aliphatic rings. The standard InChI is InChI=1S/C17H24N2O3/c1-4-17(5-2,11-18)19-16(20)8-12-10-22-15-9-13(21-3)6-7-14(12)15/h6-7,9-10H,4-5,8,11,18H2,1-3H3,(H,19,20). The number of hydrogen-bond acceptors (Lipinski definition) is 4. The molecule has 1 amide bonds. The van der Waals surface area contributed by atoms with E-state index in [2.05, 4.69) is 5.32 Å². The van der Waals surface area contributed by atoms with Crippen molar-refractivity contribution in [2.24, 2.45) is 5.73 Å². The Morgan fingerprint density at radius 2 is 2.09 bits per heavy atom. The number of hydrogen-bond donors (Lipinski definition) is 2. The normalized spacial score (nSPS) is 11.6. The number of methoxy groups -OCH3 is 1. The highest BCUT2D eigenvalue weighted by Gasteiger charge is 2.26. The molecule has 0 bridgehead atoms. The highest BCUT2D eigenvalue weighted by molar-refractivity contribution is 5.88. The number of nitrogens with two attached hydrogens (primary N) is 1. The molecule has 0 radical (unpaired) electrons. The van der Waals surface area contributed by atoms with Crippen LogP contribution in [-0.2, 0) is 11.2 Å². The Balaban J connectivity index is 2.15. The maximum Gasteiger partial charge on any atom is 0.225 e. The van der Waals surface area contributed by atoms with E-state index in [1.165, 1.54) is 0 Å². The zero-order valence-corrected chi connectivity index (χ0v) is 13.4. The van der Waals surface area contributed by atoms with Crippen LogP contribution in [0.5, 0.6) is 5.75 Å².